The van der Waals surface area contributed by atoms with Crippen molar-refractivity contribution in [3.05, 3.63) is 11.1 Å². The Kier molecular flexibility index (Phi) is 4.91. The summed E-state index contributed by atoms with van der Waals surface area (Å²) in [6.45, 7) is 1.93. The fraction of sp³-hybridized carbons (Fsp3) is 0.500. The van der Waals surface area contributed by atoms with Crippen molar-refractivity contribution in [2.45, 2.75) is 26.2 Å². The molecule has 1 N–H and O–H groups in total. The van der Waals surface area contributed by atoms with Crippen LogP contribution in [0.2, 0.25) is 0 Å². The van der Waals surface area contributed by atoms with Crippen LogP contribution in [0.25, 0.3) is 0 Å². The summed E-state index contributed by atoms with van der Waals surface area (Å²) >= 11 is 1.31. The number of rotatable bonds is 5. The van der Waals surface area contributed by atoms with Gasteiger partial charge in [0.15, 0.2) is 5.13 Å². The second kappa shape index (κ2) is 6.22. The third-order valence-corrected chi connectivity index (χ3v) is 2.63. The van der Waals surface area contributed by atoms with Crippen molar-refractivity contribution in [2.75, 3.05) is 12.4 Å². The lowest BCUT2D eigenvalue weighted by Crippen LogP contribution is -2.10. The van der Waals surface area contributed by atoms with Gasteiger partial charge in [0.1, 0.15) is 0 Å². The monoisotopic (exact) mass is 242 g/mol. The van der Waals surface area contributed by atoms with Gasteiger partial charge in [-0.05, 0) is 6.42 Å². The van der Waals surface area contributed by atoms with E-state index in [-0.39, 0.29) is 18.3 Å². The number of thiazole rings is 1. The van der Waals surface area contributed by atoms with Gasteiger partial charge < -0.3 is 10.1 Å². The van der Waals surface area contributed by atoms with Crippen LogP contribution in [-0.4, -0.2) is 24.0 Å². The van der Waals surface area contributed by atoms with Crippen molar-refractivity contribution >= 4 is 28.3 Å². The molecule has 88 valence electrons. The molecule has 0 saturated heterocycles. The summed E-state index contributed by atoms with van der Waals surface area (Å²) in [6, 6.07) is 0. The molecule has 0 bridgehead atoms. The Balaban J connectivity index is 2.51. The molecule has 1 aromatic heterocycles. The third-order valence-electron chi connectivity index (χ3n) is 1.83. The highest BCUT2D eigenvalue weighted by Crippen LogP contribution is 2.16. The summed E-state index contributed by atoms with van der Waals surface area (Å²) in [5.74, 6) is -0.391. The molecule has 0 aliphatic heterocycles. The zero-order valence-corrected chi connectivity index (χ0v) is 10.1. The molecule has 6 heteroatoms. The van der Waals surface area contributed by atoms with E-state index >= 15 is 0 Å². The first kappa shape index (κ1) is 12.6. The molecule has 0 radical (unpaired) electrons. The molecular formula is C10H14N2O3S. The van der Waals surface area contributed by atoms with E-state index in [0.29, 0.717) is 17.2 Å². The first-order chi connectivity index (χ1) is 7.65. The molecule has 5 nitrogen and oxygen atoms in total. The SMILES string of the molecule is CCCC(=O)Nc1nc(CC(=O)OC)cs1. The van der Waals surface area contributed by atoms with Crippen LogP contribution in [0, 0.1) is 0 Å². The Morgan fingerprint density at radius 2 is 2.31 bits per heavy atom. The summed E-state index contributed by atoms with van der Waals surface area (Å²) in [4.78, 5) is 26.3. The maximum atomic E-state index is 11.3. The number of aromatic nitrogens is 1. The topological polar surface area (TPSA) is 68.3 Å². The summed E-state index contributed by atoms with van der Waals surface area (Å²) in [5, 5.41) is 4.93. The normalized spacial score (nSPS) is 9.88. The average Bonchev–Trinajstić information content (AvgIpc) is 2.65. The van der Waals surface area contributed by atoms with Crippen LogP contribution in [-0.2, 0) is 20.7 Å². The molecule has 0 saturated carbocycles. The van der Waals surface area contributed by atoms with Gasteiger partial charge in [-0.15, -0.1) is 11.3 Å². The molecule has 16 heavy (non-hydrogen) atoms. The van der Waals surface area contributed by atoms with Crippen LogP contribution in [0.15, 0.2) is 5.38 Å². The predicted molar refractivity (Wildman–Crippen MR) is 61.4 cm³/mol. The number of amides is 1. The van der Waals surface area contributed by atoms with Gasteiger partial charge in [-0.25, -0.2) is 4.98 Å². The number of nitrogens with zero attached hydrogens (tertiary/aromatic N) is 1. The highest BCUT2D eigenvalue weighted by molar-refractivity contribution is 7.13. The highest BCUT2D eigenvalue weighted by Gasteiger charge is 2.09. The number of ether oxygens (including phenoxy) is 1. The lowest BCUT2D eigenvalue weighted by atomic mass is 10.3. The van der Waals surface area contributed by atoms with E-state index < -0.39 is 0 Å². The van der Waals surface area contributed by atoms with E-state index in [1.807, 2.05) is 6.92 Å². The van der Waals surface area contributed by atoms with Gasteiger partial charge in [0.25, 0.3) is 0 Å². The van der Waals surface area contributed by atoms with Gasteiger partial charge in [0.05, 0.1) is 19.2 Å². The Bertz CT molecular complexity index is 376. The predicted octanol–water partition coefficient (Wildman–Crippen LogP) is 1.60. The molecule has 0 unspecified atom stereocenters. The molecule has 1 aromatic rings. The van der Waals surface area contributed by atoms with Crippen LogP contribution in [0.5, 0.6) is 0 Å². The van der Waals surface area contributed by atoms with Crippen molar-refractivity contribution in [3.63, 3.8) is 0 Å². The second-order valence-electron chi connectivity index (χ2n) is 3.20. The average molecular weight is 242 g/mol. The Morgan fingerprint density at radius 3 is 2.94 bits per heavy atom. The lowest BCUT2D eigenvalue weighted by Gasteiger charge is -1.98. The molecule has 1 heterocycles. The number of carbonyl (C=O) groups excluding carboxylic acids is 2. The number of anilines is 1. The number of hydrogen-bond donors (Lipinski definition) is 1. The number of hydrogen-bond acceptors (Lipinski definition) is 5. The van der Waals surface area contributed by atoms with E-state index in [2.05, 4.69) is 15.0 Å². The second-order valence-corrected chi connectivity index (χ2v) is 4.05. The molecule has 0 fully saturated rings. The van der Waals surface area contributed by atoms with Crippen molar-refractivity contribution in [1.29, 1.82) is 0 Å². The minimum Gasteiger partial charge on any atom is -0.469 e. The van der Waals surface area contributed by atoms with E-state index in [1.54, 1.807) is 5.38 Å². The molecule has 0 atom stereocenters. The molecular weight excluding hydrogens is 228 g/mol. The van der Waals surface area contributed by atoms with E-state index in [9.17, 15) is 9.59 Å². The van der Waals surface area contributed by atoms with Gasteiger partial charge in [-0.1, -0.05) is 6.92 Å². The Hall–Kier alpha value is -1.43. The summed E-state index contributed by atoms with van der Waals surface area (Å²) in [6.07, 6.45) is 1.41. The number of carbonyl (C=O) groups is 2. The zero-order chi connectivity index (χ0) is 12.0. The Morgan fingerprint density at radius 1 is 1.56 bits per heavy atom. The Labute approximate surface area is 97.8 Å². The molecule has 0 aliphatic rings. The van der Waals surface area contributed by atoms with E-state index in [1.165, 1.54) is 18.4 Å². The van der Waals surface area contributed by atoms with Crippen LogP contribution in [0.4, 0.5) is 5.13 Å². The number of methoxy groups -OCH3 is 1. The van der Waals surface area contributed by atoms with Crippen LogP contribution in [0.3, 0.4) is 0 Å². The summed E-state index contributed by atoms with van der Waals surface area (Å²) in [5.41, 5.74) is 0.614. The van der Waals surface area contributed by atoms with E-state index in [4.69, 9.17) is 0 Å². The molecule has 0 aliphatic carbocycles. The van der Waals surface area contributed by atoms with Gasteiger partial charge in [0, 0.05) is 11.8 Å². The smallest absolute Gasteiger partial charge is 0.311 e. The van der Waals surface area contributed by atoms with Crippen molar-refractivity contribution in [1.82, 2.24) is 4.98 Å². The minimum atomic E-state index is -0.336. The van der Waals surface area contributed by atoms with Crippen LogP contribution < -0.4 is 5.32 Å². The lowest BCUT2D eigenvalue weighted by molar-refractivity contribution is -0.139. The largest absolute Gasteiger partial charge is 0.469 e. The standard InChI is InChI=1S/C10H14N2O3S/c1-3-4-8(13)12-10-11-7(6-16-10)5-9(14)15-2/h6H,3-5H2,1-2H3,(H,11,12,13). The van der Waals surface area contributed by atoms with Gasteiger partial charge in [0.2, 0.25) is 5.91 Å². The first-order valence-electron chi connectivity index (χ1n) is 4.96. The number of nitrogens with one attached hydrogen (secondary N) is 1. The van der Waals surface area contributed by atoms with Crippen molar-refractivity contribution < 1.29 is 14.3 Å². The first-order valence-corrected chi connectivity index (χ1v) is 5.84. The molecule has 1 amide bonds. The maximum absolute atomic E-state index is 11.3. The fourth-order valence-corrected chi connectivity index (χ4v) is 1.80. The number of esters is 1. The van der Waals surface area contributed by atoms with Gasteiger partial charge in [-0.3, -0.25) is 9.59 Å². The fourth-order valence-electron chi connectivity index (χ4n) is 1.07. The van der Waals surface area contributed by atoms with Crippen LogP contribution in [0.1, 0.15) is 25.5 Å². The highest BCUT2D eigenvalue weighted by atomic mass is 32.1. The quantitative estimate of drug-likeness (QED) is 0.796. The third kappa shape index (κ3) is 3.98. The summed E-state index contributed by atoms with van der Waals surface area (Å²) < 4.78 is 4.52. The van der Waals surface area contributed by atoms with Crippen molar-refractivity contribution in [3.8, 4) is 0 Å². The zero-order valence-electron chi connectivity index (χ0n) is 9.28. The maximum Gasteiger partial charge on any atom is 0.311 e. The molecule has 1 rings (SSSR count). The molecule has 0 aromatic carbocycles. The van der Waals surface area contributed by atoms with Gasteiger partial charge in [-0.2, -0.15) is 0 Å². The van der Waals surface area contributed by atoms with Gasteiger partial charge >= 0.3 is 5.97 Å². The van der Waals surface area contributed by atoms with Crippen molar-refractivity contribution in [2.24, 2.45) is 0 Å². The molecule has 0 spiro atoms. The minimum absolute atomic E-state index is 0.0542. The summed E-state index contributed by atoms with van der Waals surface area (Å²) in [7, 11) is 1.33. The van der Waals surface area contributed by atoms with Crippen LogP contribution >= 0.6 is 11.3 Å². The van der Waals surface area contributed by atoms with E-state index in [0.717, 1.165) is 6.42 Å².